The number of nitrogens with zero attached hydrogens (tertiary/aromatic N) is 1. The molecule has 0 saturated heterocycles. The number of aldehydes is 1. The molecule has 0 aromatic heterocycles. The van der Waals surface area contributed by atoms with Crippen LogP contribution in [0.1, 0.15) is 39.5 Å². The molecule has 1 unspecified atom stereocenters. The van der Waals surface area contributed by atoms with Crippen LogP contribution in [0.5, 0.6) is 0 Å². The SMILES string of the molecule is C=C(C#N)C=O.CCCCC(CC)COC. The summed E-state index contributed by atoms with van der Waals surface area (Å²) in [5.41, 5.74) is -0.0324. The number of allylic oxidation sites excluding steroid dienone is 1. The van der Waals surface area contributed by atoms with Crippen molar-refractivity contribution in [2.24, 2.45) is 5.92 Å². The second-order valence-corrected chi connectivity index (χ2v) is 3.63. The summed E-state index contributed by atoms with van der Waals surface area (Å²) in [5.74, 6) is 0.796. The van der Waals surface area contributed by atoms with Crippen molar-refractivity contribution < 1.29 is 9.53 Å². The fraction of sp³-hybridized carbons (Fsp3) is 0.692. The molecule has 0 radical (unpaired) electrons. The number of unbranched alkanes of at least 4 members (excludes halogenated alkanes) is 1. The van der Waals surface area contributed by atoms with Crippen LogP contribution in [0.3, 0.4) is 0 Å². The summed E-state index contributed by atoms with van der Waals surface area (Å²) >= 11 is 0. The largest absolute Gasteiger partial charge is 0.384 e. The molecule has 0 fully saturated rings. The second kappa shape index (κ2) is 13.9. The van der Waals surface area contributed by atoms with Crippen molar-refractivity contribution >= 4 is 6.29 Å². The first-order chi connectivity index (χ1) is 7.65. The van der Waals surface area contributed by atoms with Gasteiger partial charge >= 0.3 is 0 Å². The molecule has 16 heavy (non-hydrogen) atoms. The van der Waals surface area contributed by atoms with Crippen molar-refractivity contribution in [3.63, 3.8) is 0 Å². The summed E-state index contributed by atoms with van der Waals surface area (Å²) in [6.07, 6.45) is 5.66. The summed E-state index contributed by atoms with van der Waals surface area (Å²) < 4.78 is 5.09. The van der Waals surface area contributed by atoms with Crippen LogP contribution in [-0.2, 0) is 9.53 Å². The number of ether oxygens (including phenoxy) is 1. The van der Waals surface area contributed by atoms with Gasteiger partial charge in [0.1, 0.15) is 6.07 Å². The fourth-order valence-corrected chi connectivity index (χ4v) is 1.16. The molecule has 0 N–H and O–H groups in total. The summed E-state index contributed by atoms with van der Waals surface area (Å²) in [6, 6.07) is 1.55. The van der Waals surface area contributed by atoms with E-state index >= 15 is 0 Å². The molecule has 3 heteroatoms. The van der Waals surface area contributed by atoms with Gasteiger partial charge in [-0.25, -0.2) is 0 Å². The third-order valence-corrected chi connectivity index (χ3v) is 2.23. The first-order valence-corrected chi connectivity index (χ1v) is 5.69. The lowest BCUT2D eigenvalue weighted by molar-refractivity contribution is -0.104. The Morgan fingerprint density at radius 3 is 2.44 bits per heavy atom. The topological polar surface area (TPSA) is 50.1 Å². The highest BCUT2D eigenvalue weighted by Crippen LogP contribution is 2.11. The van der Waals surface area contributed by atoms with Crippen LogP contribution < -0.4 is 0 Å². The number of methoxy groups -OCH3 is 1. The average molecular weight is 225 g/mol. The molecule has 3 nitrogen and oxygen atoms in total. The first kappa shape index (κ1) is 17.3. The summed E-state index contributed by atoms with van der Waals surface area (Å²) in [6.45, 7) is 8.47. The number of hydrogen-bond donors (Lipinski definition) is 0. The normalized spacial score (nSPS) is 10.6. The molecule has 0 saturated carbocycles. The van der Waals surface area contributed by atoms with Crippen molar-refractivity contribution in [3.8, 4) is 6.07 Å². The molecule has 0 spiro atoms. The molecule has 92 valence electrons. The van der Waals surface area contributed by atoms with Gasteiger partial charge in [0, 0.05) is 13.7 Å². The maximum absolute atomic E-state index is 9.41. The van der Waals surface area contributed by atoms with E-state index in [0.717, 1.165) is 12.5 Å². The maximum Gasteiger partial charge on any atom is 0.159 e. The van der Waals surface area contributed by atoms with Crippen LogP contribution in [0.25, 0.3) is 0 Å². The Balaban J connectivity index is 0. The van der Waals surface area contributed by atoms with Gasteiger partial charge in [-0.3, -0.25) is 4.79 Å². The number of carbonyl (C=O) groups is 1. The Morgan fingerprint density at radius 2 is 2.19 bits per heavy atom. The van der Waals surface area contributed by atoms with Crippen LogP contribution in [0.4, 0.5) is 0 Å². The van der Waals surface area contributed by atoms with Crippen molar-refractivity contribution in [2.75, 3.05) is 13.7 Å². The molecule has 0 aliphatic rings. The van der Waals surface area contributed by atoms with E-state index in [1.807, 2.05) is 0 Å². The molecule has 0 amide bonds. The van der Waals surface area contributed by atoms with Crippen molar-refractivity contribution in [1.82, 2.24) is 0 Å². The van der Waals surface area contributed by atoms with E-state index in [9.17, 15) is 4.79 Å². The van der Waals surface area contributed by atoms with Gasteiger partial charge in [-0.2, -0.15) is 5.26 Å². The first-order valence-electron chi connectivity index (χ1n) is 5.69. The zero-order valence-corrected chi connectivity index (χ0v) is 10.7. The molecule has 0 bridgehead atoms. The van der Waals surface area contributed by atoms with Gasteiger partial charge in [-0.15, -0.1) is 0 Å². The molecule has 0 aromatic rings. The Labute approximate surface area is 99.1 Å². The molecule has 0 aliphatic carbocycles. The van der Waals surface area contributed by atoms with Gasteiger partial charge in [0.2, 0.25) is 0 Å². The average Bonchev–Trinajstić information content (AvgIpc) is 2.34. The molecular weight excluding hydrogens is 202 g/mol. The van der Waals surface area contributed by atoms with Crippen LogP contribution in [-0.4, -0.2) is 20.0 Å². The van der Waals surface area contributed by atoms with E-state index in [2.05, 4.69) is 20.4 Å². The number of nitriles is 1. The van der Waals surface area contributed by atoms with E-state index in [1.54, 1.807) is 13.2 Å². The molecule has 0 aliphatic heterocycles. The predicted molar refractivity (Wildman–Crippen MR) is 66.0 cm³/mol. The predicted octanol–water partition coefficient (Wildman–Crippen LogP) is 3.11. The minimum absolute atomic E-state index is 0.0324. The molecular formula is C13H23NO2. The van der Waals surface area contributed by atoms with Crippen LogP contribution >= 0.6 is 0 Å². The van der Waals surface area contributed by atoms with E-state index in [-0.39, 0.29) is 5.57 Å². The monoisotopic (exact) mass is 225 g/mol. The van der Waals surface area contributed by atoms with Crippen LogP contribution in [0.15, 0.2) is 12.2 Å². The second-order valence-electron chi connectivity index (χ2n) is 3.63. The van der Waals surface area contributed by atoms with E-state index in [0.29, 0.717) is 6.29 Å². The maximum atomic E-state index is 9.41. The third kappa shape index (κ3) is 12.9. The summed E-state index contributed by atoms with van der Waals surface area (Å²) in [4.78, 5) is 9.41. The van der Waals surface area contributed by atoms with E-state index in [1.165, 1.54) is 25.7 Å². The molecule has 0 heterocycles. The Hall–Kier alpha value is -1.14. The van der Waals surface area contributed by atoms with Gasteiger partial charge in [-0.1, -0.05) is 39.7 Å². The Morgan fingerprint density at radius 1 is 1.56 bits per heavy atom. The zero-order valence-electron chi connectivity index (χ0n) is 10.7. The highest BCUT2D eigenvalue weighted by molar-refractivity contribution is 5.77. The minimum Gasteiger partial charge on any atom is -0.384 e. The highest BCUT2D eigenvalue weighted by Gasteiger charge is 2.03. The third-order valence-electron chi connectivity index (χ3n) is 2.23. The van der Waals surface area contributed by atoms with Gasteiger partial charge in [-0.05, 0) is 12.3 Å². The number of carbonyl (C=O) groups excluding carboxylic acids is 1. The summed E-state index contributed by atoms with van der Waals surface area (Å²) in [5, 5.41) is 7.75. The van der Waals surface area contributed by atoms with E-state index < -0.39 is 0 Å². The minimum atomic E-state index is -0.0324. The Kier molecular flexibility index (Phi) is 15.0. The fourth-order valence-electron chi connectivity index (χ4n) is 1.16. The van der Waals surface area contributed by atoms with E-state index in [4.69, 9.17) is 10.00 Å². The van der Waals surface area contributed by atoms with Crippen molar-refractivity contribution in [3.05, 3.63) is 12.2 Å². The van der Waals surface area contributed by atoms with Crippen LogP contribution in [0, 0.1) is 17.2 Å². The highest BCUT2D eigenvalue weighted by atomic mass is 16.5. The standard InChI is InChI=1S/C9H20O.C4H3NO/c1-4-6-7-9(5-2)8-10-3;1-4(2-5)3-6/h9H,4-8H2,1-3H3;3H,1H2. The van der Waals surface area contributed by atoms with Gasteiger partial charge in [0.05, 0.1) is 5.57 Å². The van der Waals surface area contributed by atoms with Gasteiger partial charge in [0.25, 0.3) is 0 Å². The van der Waals surface area contributed by atoms with Crippen molar-refractivity contribution in [1.29, 1.82) is 5.26 Å². The smallest absolute Gasteiger partial charge is 0.159 e. The van der Waals surface area contributed by atoms with Gasteiger partial charge in [0.15, 0.2) is 6.29 Å². The Bertz CT molecular complexity index is 218. The molecule has 1 atom stereocenters. The molecule has 0 aromatic carbocycles. The van der Waals surface area contributed by atoms with Gasteiger partial charge < -0.3 is 4.74 Å². The number of hydrogen-bond acceptors (Lipinski definition) is 3. The lowest BCUT2D eigenvalue weighted by Gasteiger charge is -2.11. The lowest BCUT2D eigenvalue weighted by Crippen LogP contribution is -2.06. The quantitative estimate of drug-likeness (QED) is 0.380. The summed E-state index contributed by atoms with van der Waals surface area (Å²) in [7, 11) is 1.79. The zero-order chi connectivity index (χ0) is 12.8. The lowest BCUT2D eigenvalue weighted by atomic mass is 10.0. The van der Waals surface area contributed by atoms with Crippen molar-refractivity contribution in [2.45, 2.75) is 39.5 Å². The number of rotatable bonds is 7. The van der Waals surface area contributed by atoms with Crippen LogP contribution in [0.2, 0.25) is 0 Å². The molecule has 0 rings (SSSR count).